The zero-order valence-corrected chi connectivity index (χ0v) is 9.37. The van der Waals surface area contributed by atoms with Crippen molar-refractivity contribution in [2.24, 2.45) is 5.92 Å². The second-order valence-corrected chi connectivity index (χ2v) is 5.37. The van der Waals surface area contributed by atoms with Crippen molar-refractivity contribution < 1.29 is 8.85 Å². The minimum atomic E-state index is -1.26. The molecule has 2 nitrogen and oxygen atoms in total. The van der Waals surface area contributed by atoms with Crippen LogP contribution in [0.2, 0.25) is 6.04 Å². The van der Waals surface area contributed by atoms with Crippen molar-refractivity contribution in [3.63, 3.8) is 0 Å². The first-order chi connectivity index (χ1) is 5.86. The van der Waals surface area contributed by atoms with Crippen LogP contribution >= 0.6 is 0 Å². The van der Waals surface area contributed by atoms with E-state index >= 15 is 0 Å². The smallest absolute Gasteiger partial charge is 0.321 e. The highest BCUT2D eigenvalue weighted by Gasteiger charge is 2.24. The maximum absolute atomic E-state index is 5.61. The van der Waals surface area contributed by atoms with Gasteiger partial charge in [-0.15, -0.1) is 0 Å². The molecular weight excluding hydrogens is 168 g/mol. The van der Waals surface area contributed by atoms with Gasteiger partial charge in [0.1, 0.15) is 0 Å². The van der Waals surface area contributed by atoms with E-state index in [4.69, 9.17) is 8.85 Å². The third-order valence-corrected chi connectivity index (χ3v) is 4.92. The van der Waals surface area contributed by atoms with Crippen LogP contribution in [0.4, 0.5) is 0 Å². The third kappa shape index (κ3) is 3.25. The lowest BCUT2D eigenvalue weighted by Gasteiger charge is -2.28. The van der Waals surface area contributed by atoms with E-state index in [1.165, 1.54) is 25.3 Å². The molecule has 0 radical (unpaired) electrons. The van der Waals surface area contributed by atoms with Crippen LogP contribution in [-0.2, 0) is 8.85 Å². The van der Waals surface area contributed by atoms with Crippen LogP contribution in [0.3, 0.4) is 0 Å². The van der Waals surface area contributed by atoms with Gasteiger partial charge >= 0.3 is 9.28 Å². The first-order valence-corrected chi connectivity index (χ1v) is 6.86. The van der Waals surface area contributed by atoms with Gasteiger partial charge in [0.05, 0.1) is 0 Å². The van der Waals surface area contributed by atoms with Crippen molar-refractivity contribution in [3.8, 4) is 0 Å². The average Bonchev–Trinajstić information content (AvgIpc) is 1.97. The SMILES string of the molecule is CCO[SiH](CC1CCC1)OCC. The lowest BCUT2D eigenvalue weighted by atomic mass is 9.87. The fourth-order valence-electron chi connectivity index (χ4n) is 1.56. The lowest BCUT2D eigenvalue weighted by Crippen LogP contribution is -2.28. The molecule has 0 unspecified atom stereocenters. The Kier molecular flexibility index (Phi) is 4.88. The Bertz CT molecular complexity index is 109. The molecule has 1 saturated carbocycles. The number of rotatable bonds is 6. The Labute approximate surface area is 77.1 Å². The van der Waals surface area contributed by atoms with Crippen LogP contribution in [0.15, 0.2) is 0 Å². The van der Waals surface area contributed by atoms with Gasteiger partial charge < -0.3 is 8.85 Å². The summed E-state index contributed by atoms with van der Waals surface area (Å²) in [5.74, 6) is 0.930. The van der Waals surface area contributed by atoms with E-state index in [-0.39, 0.29) is 0 Å². The first-order valence-electron chi connectivity index (χ1n) is 5.10. The molecule has 0 atom stereocenters. The van der Waals surface area contributed by atoms with Crippen LogP contribution in [-0.4, -0.2) is 22.5 Å². The summed E-state index contributed by atoms with van der Waals surface area (Å²) in [7, 11) is -1.26. The van der Waals surface area contributed by atoms with Crippen molar-refractivity contribution in [3.05, 3.63) is 0 Å². The summed E-state index contributed by atoms with van der Waals surface area (Å²) in [5.41, 5.74) is 0. The Balaban J connectivity index is 2.11. The summed E-state index contributed by atoms with van der Waals surface area (Å²) >= 11 is 0. The van der Waals surface area contributed by atoms with Crippen LogP contribution in [0.1, 0.15) is 33.1 Å². The molecule has 12 heavy (non-hydrogen) atoms. The molecule has 0 N–H and O–H groups in total. The Morgan fingerprint density at radius 2 is 1.75 bits per heavy atom. The molecular formula is C9H20O2Si. The Hall–Kier alpha value is 0.137. The second kappa shape index (κ2) is 5.73. The molecule has 1 fully saturated rings. The molecule has 0 saturated heterocycles. The zero-order chi connectivity index (χ0) is 8.81. The fraction of sp³-hybridized carbons (Fsp3) is 1.00. The summed E-state index contributed by atoms with van der Waals surface area (Å²) in [6.07, 6.45) is 4.23. The van der Waals surface area contributed by atoms with Gasteiger partial charge in [0, 0.05) is 13.2 Å². The van der Waals surface area contributed by atoms with E-state index in [0.717, 1.165) is 19.1 Å². The quantitative estimate of drug-likeness (QED) is 0.594. The highest BCUT2D eigenvalue weighted by molar-refractivity contribution is 6.44. The van der Waals surface area contributed by atoms with E-state index < -0.39 is 9.28 Å². The molecule has 0 aromatic carbocycles. The topological polar surface area (TPSA) is 18.5 Å². The first kappa shape index (κ1) is 10.2. The zero-order valence-electron chi connectivity index (χ0n) is 8.21. The minimum Gasteiger partial charge on any atom is -0.397 e. The lowest BCUT2D eigenvalue weighted by molar-refractivity contribution is 0.198. The third-order valence-electron chi connectivity index (χ3n) is 2.46. The van der Waals surface area contributed by atoms with Crippen molar-refractivity contribution >= 4 is 9.28 Å². The van der Waals surface area contributed by atoms with E-state index in [2.05, 4.69) is 13.8 Å². The summed E-state index contributed by atoms with van der Waals surface area (Å²) < 4.78 is 11.2. The second-order valence-electron chi connectivity index (χ2n) is 3.37. The molecule has 0 bridgehead atoms. The fourth-order valence-corrected chi connectivity index (χ4v) is 3.68. The summed E-state index contributed by atoms with van der Waals surface area (Å²) in [4.78, 5) is 0. The normalized spacial score (nSPS) is 18.2. The van der Waals surface area contributed by atoms with Gasteiger partial charge in [-0.3, -0.25) is 0 Å². The van der Waals surface area contributed by atoms with Crippen molar-refractivity contribution in [2.45, 2.75) is 39.2 Å². The molecule has 1 aliphatic rings. The number of hydrogen-bond acceptors (Lipinski definition) is 2. The standard InChI is InChI=1S/C9H20O2Si/c1-3-10-12(11-4-2)8-9-6-5-7-9/h9,12H,3-8H2,1-2H3. The van der Waals surface area contributed by atoms with Crippen molar-refractivity contribution in [2.75, 3.05) is 13.2 Å². The summed E-state index contributed by atoms with van der Waals surface area (Å²) in [6.45, 7) is 5.76. The highest BCUT2D eigenvalue weighted by Crippen LogP contribution is 2.31. The molecule has 1 aliphatic carbocycles. The molecule has 0 spiro atoms. The van der Waals surface area contributed by atoms with Gasteiger partial charge in [-0.05, 0) is 25.8 Å². The highest BCUT2D eigenvalue weighted by atomic mass is 28.3. The minimum absolute atomic E-state index is 0.823. The monoisotopic (exact) mass is 188 g/mol. The average molecular weight is 188 g/mol. The van der Waals surface area contributed by atoms with Gasteiger partial charge in [-0.1, -0.05) is 19.3 Å². The van der Waals surface area contributed by atoms with E-state index in [0.29, 0.717) is 0 Å². The molecule has 72 valence electrons. The Morgan fingerprint density at radius 3 is 2.08 bits per heavy atom. The van der Waals surface area contributed by atoms with Crippen molar-refractivity contribution in [1.82, 2.24) is 0 Å². The van der Waals surface area contributed by atoms with Crippen LogP contribution in [0.5, 0.6) is 0 Å². The van der Waals surface area contributed by atoms with Gasteiger partial charge in [-0.2, -0.15) is 0 Å². The van der Waals surface area contributed by atoms with Crippen LogP contribution < -0.4 is 0 Å². The molecule has 0 aromatic heterocycles. The molecule has 1 rings (SSSR count). The van der Waals surface area contributed by atoms with Gasteiger partial charge in [0.15, 0.2) is 0 Å². The molecule has 0 heterocycles. The predicted octanol–water partition coefficient (Wildman–Crippen LogP) is 2.08. The predicted molar refractivity (Wildman–Crippen MR) is 52.5 cm³/mol. The van der Waals surface area contributed by atoms with Gasteiger partial charge in [-0.25, -0.2) is 0 Å². The summed E-state index contributed by atoms with van der Waals surface area (Å²) in [6, 6.07) is 1.24. The van der Waals surface area contributed by atoms with E-state index in [1.54, 1.807) is 0 Å². The Morgan fingerprint density at radius 1 is 1.17 bits per heavy atom. The van der Waals surface area contributed by atoms with E-state index in [9.17, 15) is 0 Å². The molecule has 0 aliphatic heterocycles. The van der Waals surface area contributed by atoms with E-state index in [1.807, 2.05) is 0 Å². The van der Waals surface area contributed by atoms with Crippen LogP contribution in [0, 0.1) is 5.92 Å². The maximum Gasteiger partial charge on any atom is 0.321 e. The van der Waals surface area contributed by atoms with Gasteiger partial charge in [0.2, 0.25) is 0 Å². The van der Waals surface area contributed by atoms with Crippen LogP contribution in [0.25, 0.3) is 0 Å². The maximum atomic E-state index is 5.61. The molecule has 0 amide bonds. The molecule has 0 aromatic rings. The molecule has 3 heteroatoms. The summed E-state index contributed by atoms with van der Waals surface area (Å²) in [5, 5.41) is 0. The van der Waals surface area contributed by atoms with Gasteiger partial charge in [0.25, 0.3) is 0 Å². The number of hydrogen-bond donors (Lipinski definition) is 0. The van der Waals surface area contributed by atoms with Crippen molar-refractivity contribution in [1.29, 1.82) is 0 Å². The largest absolute Gasteiger partial charge is 0.397 e.